The molecule has 0 spiro atoms. The first-order chi connectivity index (χ1) is 12.9. The molecule has 0 radical (unpaired) electrons. The van der Waals surface area contributed by atoms with Crippen molar-refractivity contribution in [1.29, 1.82) is 0 Å². The summed E-state index contributed by atoms with van der Waals surface area (Å²) in [5.41, 5.74) is 4.68. The lowest BCUT2D eigenvalue weighted by atomic mass is 10.0. The van der Waals surface area contributed by atoms with Crippen LogP contribution >= 0.6 is 23.4 Å². The summed E-state index contributed by atoms with van der Waals surface area (Å²) in [5, 5.41) is 0.674. The van der Waals surface area contributed by atoms with Crippen LogP contribution in [0, 0.1) is 13.8 Å². The average Bonchev–Trinajstić information content (AvgIpc) is 2.88. The maximum absolute atomic E-state index is 13.1. The van der Waals surface area contributed by atoms with Gasteiger partial charge in [0, 0.05) is 11.6 Å². The van der Waals surface area contributed by atoms with Gasteiger partial charge < -0.3 is 0 Å². The average molecular weight is 400 g/mol. The number of benzene rings is 2. The lowest BCUT2D eigenvalue weighted by Gasteiger charge is -2.15. The third kappa shape index (κ3) is 4.12. The van der Waals surface area contributed by atoms with Crippen LogP contribution in [0.3, 0.4) is 0 Å². The Kier molecular flexibility index (Phi) is 6.08. The molecule has 1 aliphatic rings. The maximum atomic E-state index is 13.1. The first kappa shape index (κ1) is 19.7. The molecular weight excluding hydrogens is 378 g/mol. The molecule has 0 bridgehead atoms. The Labute approximate surface area is 169 Å². The number of aryl methyl sites for hydroxylation is 2. The summed E-state index contributed by atoms with van der Waals surface area (Å²) in [5.74, 6) is 0.357. The minimum Gasteiger partial charge on any atom is -0.274 e. The van der Waals surface area contributed by atoms with Crippen molar-refractivity contribution in [3.05, 3.63) is 74.6 Å². The van der Waals surface area contributed by atoms with Crippen LogP contribution in [0.25, 0.3) is 5.57 Å². The second-order valence-corrected chi connectivity index (χ2v) is 8.29. The van der Waals surface area contributed by atoms with E-state index in [2.05, 4.69) is 0 Å². The first-order valence-corrected chi connectivity index (χ1v) is 10.3. The summed E-state index contributed by atoms with van der Waals surface area (Å²) in [6.45, 7) is 6.41. The molecule has 3 rings (SSSR count). The number of rotatable bonds is 6. The van der Waals surface area contributed by atoms with Gasteiger partial charge in [-0.1, -0.05) is 48.9 Å². The van der Waals surface area contributed by atoms with Crippen LogP contribution in [0.15, 0.2) is 47.4 Å². The summed E-state index contributed by atoms with van der Waals surface area (Å²) in [6.07, 6.45) is 0.610. The van der Waals surface area contributed by atoms with E-state index >= 15 is 0 Å². The molecule has 27 heavy (non-hydrogen) atoms. The second kappa shape index (κ2) is 8.32. The highest BCUT2D eigenvalue weighted by Crippen LogP contribution is 2.36. The molecule has 2 amide bonds. The normalized spacial score (nSPS) is 14.4. The van der Waals surface area contributed by atoms with E-state index in [-0.39, 0.29) is 11.8 Å². The number of amides is 2. The lowest BCUT2D eigenvalue weighted by Crippen LogP contribution is -2.33. The monoisotopic (exact) mass is 399 g/mol. The molecule has 0 saturated heterocycles. The number of imide groups is 1. The Morgan fingerprint density at radius 2 is 1.67 bits per heavy atom. The van der Waals surface area contributed by atoms with Gasteiger partial charge in [-0.05, 0) is 60.4 Å². The Morgan fingerprint density at radius 3 is 2.30 bits per heavy atom. The lowest BCUT2D eigenvalue weighted by molar-refractivity contribution is -0.136. The summed E-state index contributed by atoms with van der Waals surface area (Å²) in [4.78, 5) is 27.9. The Balaban J connectivity index is 1.87. The van der Waals surface area contributed by atoms with Crippen molar-refractivity contribution < 1.29 is 9.59 Å². The molecule has 3 nitrogen and oxygen atoms in total. The Morgan fingerprint density at radius 1 is 0.963 bits per heavy atom. The molecule has 0 saturated carbocycles. The zero-order valence-electron chi connectivity index (χ0n) is 15.7. The third-order valence-corrected chi connectivity index (χ3v) is 5.96. The number of carbonyl (C=O) groups is 2. The van der Waals surface area contributed by atoms with Crippen molar-refractivity contribution in [1.82, 2.24) is 4.90 Å². The first-order valence-electron chi connectivity index (χ1n) is 8.97. The molecule has 0 atom stereocenters. The van der Waals surface area contributed by atoms with Crippen molar-refractivity contribution in [2.45, 2.75) is 27.2 Å². The van der Waals surface area contributed by atoms with Crippen LogP contribution in [-0.2, 0) is 16.0 Å². The molecule has 1 aliphatic heterocycles. The van der Waals surface area contributed by atoms with Crippen molar-refractivity contribution in [2.24, 2.45) is 0 Å². The minimum absolute atomic E-state index is 0.186. The minimum atomic E-state index is -0.201. The van der Waals surface area contributed by atoms with E-state index in [1.165, 1.54) is 22.2 Å². The van der Waals surface area contributed by atoms with E-state index in [1.807, 2.05) is 63.2 Å². The predicted molar refractivity (Wildman–Crippen MR) is 113 cm³/mol. The van der Waals surface area contributed by atoms with Gasteiger partial charge in [0.2, 0.25) is 0 Å². The summed E-state index contributed by atoms with van der Waals surface area (Å²) < 4.78 is 0. The molecule has 0 N–H and O–H groups in total. The van der Waals surface area contributed by atoms with E-state index in [0.29, 0.717) is 28.5 Å². The van der Waals surface area contributed by atoms with E-state index in [9.17, 15) is 9.59 Å². The molecule has 5 heteroatoms. The maximum Gasteiger partial charge on any atom is 0.267 e. The van der Waals surface area contributed by atoms with Gasteiger partial charge in [-0.25, -0.2) is 0 Å². The van der Waals surface area contributed by atoms with Gasteiger partial charge >= 0.3 is 0 Å². The fourth-order valence-corrected chi connectivity index (χ4v) is 4.08. The van der Waals surface area contributed by atoms with Crippen LogP contribution < -0.4 is 0 Å². The zero-order valence-corrected chi connectivity index (χ0v) is 17.3. The number of hydrogen-bond acceptors (Lipinski definition) is 3. The SMILES string of the molecule is CCSC1=C(c2ccc(C)c(C)c2)C(=O)N(CCc2ccc(Cl)cc2)C1=O. The van der Waals surface area contributed by atoms with E-state index in [4.69, 9.17) is 11.6 Å². The van der Waals surface area contributed by atoms with Crippen LogP contribution in [0.1, 0.15) is 29.2 Å². The van der Waals surface area contributed by atoms with E-state index in [0.717, 1.165) is 22.4 Å². The molecule has 0 aliphatic carbocycles. The highest BCUT2D eigenvalue weighted by Gasteiger charge is 2.38. The standard InChI is InChI=1S/C22H22ClNO2S/c1-4-27-20-19(17-8-5-14(2)15(3)13-17)21(25)24(22(20)26)12-11-16-6-9-18(23)10-7-16/h5-10,13H,4,11-12H2,1-3H3. The molecule has 0 unspecified atom stereocenters. The van der Waals surface area contributed by atoms with E-state index < -0.39 is 0 Å². The van der Waals surface area contributed by atoms with Gasteiger partial charge in [-0.15, -0.1) is 11.8 Å². The number of halogens is 1. The topological polar surface area (TPSA) is 37.4 Å². The van der Waals surface area contributed by atoms with Gasteiger partial charge in [-0.2, -0.15) is 0 Å². The van der Waals surface area contributed by atoms with E-state index in [1.54, 1.807) is 0 Å². The number of nitrogens with zero attached hydrogens (tertiary/aromatic N) is 1. The molecule has 0 aromatic heterocycles. The summed E-state index contributed by atoms with van der Waals surface area (Å²) >= 11 is 7.36. The largest absolute Gasteiger partial charge is 0.274 e. The van der Waals surface area contributed by atoms with Crippen molar-refractivity contribution >= 4 is 40.8 Å². The summed E-state index contributed by atoms with van der Waals surface area (Å²) in [7, 11) is 0. The van der Waals surface area contributed by atoms with Crippen molar-refractivity contribution in [3.63, 3.8) is 0 Å². The zero-order chi connectivity index (χ0) is 19.6. The van der Waals surface area contributed by atoms with Gasteiger partial charge in [0.25, 0.3) is 11.8 Å². The van der Waals surface area contributed by atoms with Crippen LogP contribution in [0.5, 0.6) is 0 Å². The fraction of sp³-hybridized carbons (Fsp3) is 0.273. The van der Waals surface area contributed by atoms with Crippen LogP contribution in [0.2, 0.25) is 5.02 Å². The van der Waals surface area contributed by atoms with Crippen LogP contribution in [-0.4, -0.2) is 29.0 Å². The molecule has 2 aromatic rings. The fourth-order valence-electron chi connectivity index (χ4n) is 3.08. The van der Waals surface area contributed by atoms with Crippen LogP contribution in [0.4, 0.5) is 0 Å². The quantitative estimate of drug-likeness (QED) is 0.639. The molecule has 2 aromatic carbocycles. The van der Waals surface area contributed by atoms with Crippen molar-refractivity contribution in [2.75, 3.05) is 12.3 Å². The Bertz CT molecular complexity index is 918. The van der Waals surface area contributed by atoms with Gasteiger partial charge in [0.05, 0.1) is 10.5 Å². The third-order valence-electron chi connectivity index (χ3n) is 4.75. The van der Waals surface area contributed by atoms with Gasteiger partial charge in [0.1, 0.15) is 0 Å². The predicted octanol–water partition coefficient (Wildman–Crippen LogP) is 5.03. The van der Waals surface area contributed by atoms with Crippen molar-refractivity contribution in [3.8, 4) is 0 Å². The number of thioether (sulfide) groups is 1. The Hall–Kier alpha value is -2.04. The smallest absolute Gasteiger partial charge is 0.267 e. The molecule has 1 heterocycles. The van der Waals surface area contributed by atoms with Gasteiger partial charge in [0.15, 0.2) is 0 Å². The highest BCUT2D eigenvalue weighted by atomic mass is 35.5. The number of hydrogen-bond donors (Lipinski definition) is 0. The number of carbonyl (C=O) groups excluding carboxylic acids is 2. The molecular formula is C22H22ClNO2S. The molecule has 0 fully saturated rings. The highest BCUT2D eigenvalue weighted by molar-refractivity contribution is 8.04. The van der Waals surface area contributed by atoms with Gasteiger partial charge in [-0.3, -0.25) is 14.5 Å². The summed E-state index contributed by atoms with van der Waals surface area (Å²) in [6, 6.07) is 13.4. The second-order valence-electron chi connectivity index (χ2n) is 6.57. The molecule has 140 valence electrons.